The SMILES string of the molecule is C[C@H](NC(=O)NC[C@H]1CCS(=O)(=O)C1)C(=O)NCc1ccccc1. The van der Waals surface area contributed by atoms with Crippen LogP contribution >= 0.6 is 0 Å². The summed E-state index contributed by atoms with van der Waals surface area (Å²) < 4.78 is 22.7. The van der Waals surface area contributed by atoms with E-state index in [1.807, 2.05) is 30.3 Å². The Morgan fingerprint density at radius 1 is 1.21 bits per heavy atom. The van der Waals surface area contributed by atoms with Gasteiger partial charge in [0.2, 0.25) is 5.91 Å². The van der Waals surface area contributed by atoms with Crippen LogP contribution in [0, 0.1) is 5.92 Å². The van der Waals surface area contributed by atoms with Gasteiger partial charge in [0, 0.05) is 13.1 Å². The summed E-state index contributed by atoms with van der Waals surface area (Å²) in [5.41, 5.74) is 0.977. The summed E-state index contributed by atoms with van der Waals surface area (Å²) in [5.74, 6) is -0.0416. The van der Waals surface area contributed by atoms with Crippen molar-refractivity contribution in [3.63, 3.8) is 0 Å². The number of carbonyl (C=O) groups is 2. The molecule has 1 aromatic rings. The molecule has 2 rings (SSSR count). The highest BCUT2D eigenvalue weighted by atomic mass is 32.2. The van der Waals surface area contributed by atoms with E-state index in [0.29, 0.717) is 19.5 Å². The topological polar surface area (TPSA) is 104 Å². The molecule has 0 unspecified atom stereocenters. The van der Waals surface area contributed by atoms with Crippen LogP contribution in [0.2, 0.25) is 0 Å². The number of rotatable bonds is 6. The minimum Gasteiger partial charge on any atom is -0.350 e. The lowest BCUT2D eigenvalue weighted by Crippen LogP contribution is -2.49. The second-order valence-electron chi connectivity index (χ2n) is 6.05. The molecule has 0 radical (unpaired) electrons. The maximum atomic E-state index is 12.0. The molecule has 3 N–H and O–H groups in total. The van der Waals surface area contributed by atoms with Crippen molar-refractivity contribution >= 4 is 21.8 Å². The third kappa shape index (κ3) is 5.84. The molecular weight excluding hydrogens is 330 g/mol. The van der Waals surface area contributed by atoms with Crippen molar-refractivity contribution in [2.75, 3.05) is 18.1 Å². The van der Waals surface area contributed by atoms with Gasteiger partial charge in [-0.2, -0.15) is 0 Å². The predicted octanol–water partition coefficient (Wildman–Crippen LogP) is 0.425. The molecule has 0 spiro atoms. The molecule has 1 aromatic carbocycles. The first-order chi connectivity index (χ1) is 11.4. The molecule has 8 heteroatoms. The molecule has 7 nitrogen and oxygen atoms in total. The second-order valence-corrected chi connectivity index (χ2v) is 8.28. The van der Waals surface area contributed by atoms with E-state index < -0.39 is 21.9 Å². The number of amides is 3. The number of hydrogen-bond acceptors (Lipinski definition) is 4. The van der Waals surface area contributed by atoms with Crippen LogP contribution in [0.25, 0.3) is 0 Å². The fourth-order valence-corrected chi connectivity index (χ4v) is 4.38. The summed E-state index contributed by atoms with van der Waals surface area (Å²) in [6, 6.07) is 8.33. The zero-order valence-electron chi connectivity index (χ0n) is 13.6. The zero-order valence-corrected chi connectivity index (χ0v) is 14.4. The van der Waals surface area contributed by atoms with Crippen molar-refractivity contribution in [3.05, 3.63) is 35.9 Å². The Labute approximate surface area is 142 Å². The van der Waals surface area contributed by atoms with Crippen molar-refractivity contribution in [1.82, 2.24) is 16.0 Å². The maximum absolute atomic E-state index is 12.0. The lowest BCUT2D eigenvalue weighted by Gasteiger charge is -2.16. The minimum absolute atomic E-state index is 0.0528. The number of nitrogens with one attached hydrogen (secondary N) is 3. The summed E-state index contributed by atoms with van der Waals surface area (Å²) in [4.78, 5) is 23.8. The van der Waals surface area contributed by atoms with Crippen LogP contribution in [0.1, 0.15) is 18.9 Å². The summed E-state index contributed by atoms with van der Waals surface area (Å²) in [7, 11) is -2.95. The molecular formula is C16H23N3O4S. The van der Waals surface area contributed by atoms with Gasteiger partial charge in [-0.1, -0.05) is 30.3 Å². The third-order valence-electron chi connectivity index (χ3n) is 3.93. The molecule has 1 heterocycles. The van der Waals surface area contributed by atoms with Crippen LogP contribution in [0.15, 0.2) is 30.3 Å². The van der Waals surface area contributed by atoms with E-state index in [0.717, 1.165) is 5.56 Å². The monoisotopic (exact) mass is 353 g/mol. The summed E-state index contributed by atoms with van der Waals surface area (Å²) in [6.45, 7) is 2.29. The molecule has 0 bridgehead atoms. The van der Waals surface area contributed by atoms with Gasteiger partial charge in [0.05, 0.1) is 11.5 Å². The van der Waals surface area contributed by atoms with E-state index in [1.54, 1.807) is 6.92 Å². The third-order valence-corrected chi connectivity index (χ3v) is 5.77. The van der Waals surface area contributed by atoms with Crippen LogP contribution in [0.5, 0.6) is 0 Å². The van der Waals surface area contributed by atoms with E-state index in [1.165, 1.54) is 0 Å². The highest BCUT2D eigenvalue weighted by molar-refractivity contribution is 7.91. The number of carbonyl (C=O) groups excluding carboxylic acids is 2. The van der Waals surface area contributed by atoms with Crippen LogP contribution < -0.4 is 16.0 Å². The van der Waals surface area contributed by atoms with Crippen LogP contribution in [-0.2, 0) is 21.2 Å². The fraction of sp³-hybridized carbons (Fsp3) is 0.500. The first kappa shape index (κ1) is 18.3. The molecule has 1 fully saturated rings. The Hall–Kier alpha value is -2.09. The van der Waals surface area contributed by atoms with Gasteiger partial charge in [-0.25, -0.2) is 13.2 Å². The van der Waals surface area contributed by atoms with Gasteiger partial charge in [0.1, 0.15) is 6.04 Å². The quantitative estimate of drug-likeness (QED) is 0.689. The maximum Gasteiger partial charge on any atom is 0.315 e. The number of hydrogen-bond donors (Lipinski definition) is 3. The van der Waals surface area contributed by atoms with Crippen LogP contribution in [0.4, 0.5) is 4.79 Å². The Bertz CT molecular complexity index is 676. The fourth-order valence-electron chi connectivity index (χ4n) is 2.52. The lowest BCUT2D eigenvalue weighted by atomic mass is 10.1. The van der Waals surface area contributed by atoms with Crippen molar-refractivity contribution in [2.45, 2.75) is 25.9 Å². The average Bonchev–Trinajstić information content (AvgIpc) is 2.90. The molecule has 1 aliphatic rings. The number of benzene rings is 1. The molecule has 1 aliphatic heterocycles. The van der Waals surface area contributed by atoms with Gasteiger partial charge >= 0.3 is 6.03 Å². The van der Waals surface area contributed by atoms with Crippen molar-refractivity contribution < 1.29 is 18.0 Å². The van der Waals surface area contributed by atoms with Gasteiger partial charge < -0.3 is 16.0 Å². The molecule has 0 aromatic heterocycles. The summed E-state index contributed by atoms with van der Waals surface area (Å²) in [6.07, 6.45) is 0.565. The van der Waals surface area contributed by atoms with Crippen molar-refractivity contribution in [3.8, 4) is 0 Å². The van der Waals surface area contributed by atoms with Gasteiger partial charge in [-0.05, 0) is 24.8 Å². The highest BCUT2D eigenvalue weighted by Crippen LogP contribution is 2.17. The highest BCUT2D eigenvalue weighted by Gasteiger charge is 2.28. The van der Waals surface area contributed by atoms with Crippen molar-refractivity contribution in [2.24, 2.45) is 5.92 Å². The molecule has 0 aliphatic carbocycles. The van der Waals surface area contributed by atoms with Gasteiger partial charge in [-0.3, -0.25) is 4.79 Å². The lowest BCUT2D eigenvalue weighted by molar-refractivity contribution is -0.122. The Morgan fingerprint density at radius 3 is 2.54 bits per heavy atom. The Morgan fingerprint density at radius 2 is 1.92 bits per heavy atom. The molecule has 132 valence electrons. The number of urea groups is 1. The van der Waals surface area contributed by atoms with E-state index in [4.69, 9.17) is 0 Å². The molecule has 0 saturated carbocycles. The first-order valence-corrected chi connectivity index (χ1v) is 9.74. The summed E-state index contributed by atoms with van der Waals surface area (Å²) in [5, 5.41) is 7.93. The van der Waals surface area contributed by atoms with Gasteiger partial charge in [0.15, 0.2) is 9.84 Å². The summed E-state index contributed by atoms with van der Waals surface area (Å²) >= 11 is 0. The predicted molar refractivity (Wildman–Crippen MR) is 91.0 cm³/mol. The molecule has 24 heavy (non-hydrogen) atoms. The van der Waals surface area contributed by atoms with E-state index in [2.05, 4.69) is 16.0 Å². The Kier molecular flexibility index (Phi) is 6.19. The van der Waals surface area contributed by atoms with E-state index in [9.17, 15) is 18.0 Å². The van der Waals surface area contributed by atoms with Crippen LogP contribution in [-0.4, -0.2) is 44.4 Å². The smallest absolute Gasteiger partial charge is 0.315 e. The van der Waals surface area contributed by atoms with E-state index >= 15 is 0 Å². The Balaban J connectivity index is 1.68. The van der Waals surface area contributed by atoms with E-state index in [-0.39, 0.29) is 23.3 Å². The van der Waals surface area contributed by atoms with Crippen LogP contribution in [0.3, 0.4) is 0 Å². The second kappa shape index (κ2) is 8.14. The first-order valence-electron chi connectivity index (χ1n) is 7.92. The standard InChI is InChI=1S/C16H23N3O4S/c1-12(15(20)17-9-13-5-3-2-4-6-13)19-16(21)18-10-14-7-8-24(22,23)11-14/h2-6,12,14H,7-11H2,1H3,(H,17,20)(H2,18,19,21)/t12-,14+/m0/s1. The minimum atomic E-state index is -2.95. The number of sulfone groups is 1. The normalized spacial score (nSPS) is 20.1. The van der Waals surface area contributed by atoms with Crippen molar-refractivity contribution in [1.29, 1.82) is 0 Å². The van der Waals surface area contributed by atoms with Gasteiger partial charge in [-0.15, -0.1) is 0 Å². The molecule has 1 saturated heterocycles. The largest absolute Gasteiger partial charge is 0.350 e. The van der Waals surface area contributed by atoms with Gasteiger partial charge in [0.25, 0.3) is 0 Å². The molecule has 2 atom stereocenters. The zero-order chi connectivity index (χ0) is 17.6. The average molecular weight is 353 g/mol. The molecule has 3 amide bonds.